The smallest absolute Gasteiger partial charge is 0.223 e. The van der Waals surface area contributed by atoms with E-state index < -0.39 is 5.03 Å². The van der Waals surface area contributed by atoms with Gasteiger partial charge in [-0.05, 0) is 12.2 Å². The first-order valence-corrected chi connectivity index (χ1v) is 4.89. The molecule has 2 aliphatic heterocycles. The predicted octanol–water partition coefficient (Wildman–Crippen LogP) is -0.229. The van der Waals surface area contributed by atoms with Crippen LogP contribution < -0.4 is 10.4 Å². The Labute approximate surface area is 95.7 Å². The Morgan fingerprint density at radius 3 is 3.12 bits per heavy atom. The number of H-pyrrole nitrogens is 1. The summed E-state index contributed by atoms with van der Waals surface area (Å²) < 4.78 is 0. The second kappa shape index (κ2) is 3.40. The van der Waals surface area contributed by atoms with Crippen molar-refractivity contribution in [2.45, 2.75) is 0 Å². The van der Waals surface area contributed by atoms with Crippen LogP contribution in [0.5, 0.6) is 0 Å². The van der Waals surface area contributed by atoms with Crippen LogP contribution in [-0.2, 0) is 0 Å². The molecule has 2 aliphatic rings. The van der Waals surface area contributed by atoms with Gasteiger partial charge in [0, 0.05) is 17.5 Å². The van der Waals surface area contributed by atoms with Gasteiger partial charge >= 0.3 is 0 Å². The largest absolute Gasteiger partial charge is 0.329 e. The Balaban J connectivity index is 1.85. The van der Waals surface area contributed by atoms with E-state index in [0.29, 0.717) is 18.4 Å². The van der Waals surface area contributed by atoms with Crippen LogP contribution in [0.25, 0.3) is 0 Å². The number of nitrogens with one attached hydrogen (secondary N) is 2. The van der Waals surface area contributed by atoms with Gasteiger partial charge in [0.05, 0.1) is 6.20 Å². The van der Waals surface area contributed by atoms with Crippen molar-refractivity contribution in [1.82, 2.24) is 25.5 Å². The van der Waals surface area contributed by atoms with Gasteiger partial charge in [-0.3, -0.25) is 5.43 Å². The highest BCUT2D eigenvalue weighted by molar-refractivity contribution is 5.33. The van der Waals surface area contributed by atoms with Crippen molar-refractivity contribution in [2.24, 2.45) is 0 Å². The molecule has 0 bridgehead atoms. The number of aromatic amines is 1. The molecule has 0 spiro atoms. The summed E-state index contributed by atoms with van der Waals surface area (Å²) in [5.74, 6) is 1.23. The number of rotatable bonds is 2. The fraction of sp³-hybridized carbons (Fsp3) is 0.125. The monoisotopic (exact) mass is 235 g/mol. The molecule has 1 saturated heterocycles. The van der Waals surface area contributed by atoms with E-state index >= 15 is 0 Å². The van der Waals surface area contributed by atoms with Gasteiger partial charge in [-0.1, -0.05) is 0 Å². The summed E-state index contributed by atoms with van der Waals surface area (Å²) in [7, 11) is 0. The van der Waals surface area contributed by atoms with Gasteiger partial charge in [0.2, 0.25) is 5.95 Å². The third kappa shape index (κ3) is 1.44. The van der Waals surface area contributed by atoms with Crippen LogP contribution in [0.1, 0.15) is 0 Å². The second-order valence-corrected chi connectivity index (χ2v) is 3.45. The molecule has 1 fully saturated rings. The van der Waals surface area contributed by atoms with Crippen molar-refractivity contribution in [3.63, 3.8) is 0 Å². The zero-order valence-electron chi connectivity index (χ0n) is 8.65. The molecular formula is C8H9N7O2. The molecule has 9 nitrogen and oxygen atoms in total. The number of hydrogen-bond acceptors (Lipinski definition) is 6. The van der Waals surface area contributed by atoms with Gasteiger partial charge in [-0.25, -0.2) is 20.1 Å². The summed E-state index contributed by atoms with van der Waals surface area (Å²) in [6, 6.07) is 0. The number of nitrogens with zero attached hydrogens (tertiary/aromatic N) is 5. The first kappa shape index (κ1) is 9.51. The number of allylic oxidation sites excluding steroid dienone is 2. The maximum atomic E-state index is 10.8. The summed E-state index contributed by atoms with van der Waals surface area (Å²) in [5.41, 5.74) is 3.01. The average Bonchev–Trinajstić information content (AvgIpc) is 2.96. The minimum absolute atomic E-state index is 0.296. The molecule has 2 N–H and O–H groups in total. The van der Waals surface area contributed by atoms with Gasteiger partial charge in [0.1, 0.15) is 12.5 Å². The standard InChI is InChI=1S/C8H9N7O2/c16-15(17)14-5-1-2-7-11-12(6-13(7)14)8-9-3-4-10-8/h1-5,11H,6H2,(H,9,10). The van der Waals surface area contributed by atoms with E-state index in [9.17, 15) is 10.1 Å². The molecule has 3 heterocycles. The minimum Gasteiger partial charge on any atom is -0.329 e. The van der Waals surface area contributed by atoms with Crippen molar-refractivity contribution >= 4 is 5.95 Å². The lowest BCUT2D eigenvalue weighted by Crippen LogP contribution is -2.42. The lowest BCUT2D eigenvalue weighted by molar-refractivity contribution is -0.679. The number of imidazole rings is 1. The number of hydrogen-bond donors (Lipinski definition) is 2. The highest BCUT2D eigenvalue weighted by Gasteiger charge is 2.35. The van der Waals surface area contributed by atoms with Crippen LogP contribution >= 0.6 is 0 Å². The third-order valence-electron chi connectivity index (χ3n) is 2.43. The van der Waals surface area contributed by atoms with Crippen LogP contribution in [0.4, 0.5) is 5.95 Å². The van der Waals surface area contributed by atoms with Crippen molar-refractivity contribution in [3.8, 4) is 0 Å². The summed E-state index contributed by atoms with van der Waals surface area (Å²) in [6.07, 6.45) is 8.05. The molecule has 3 rings (SSSR count). The molecule has 88 valence electrons. The SMILES string of the molecule is O=[N+]([O-])N1C=CC=C2NN(c3ncc[nH]3)CN21. The van der Waals surface area contributed by atoms with Crippen LogP contribution in [0.3, 0.4) is 0 Å². The number of anilines is 1. The predicted molar refractivity (Wildman–Crippen MR) is 57.0 cm³/mol. The molecule has 1 aromatic heterocycles. The fourth-order valence-electron chi connectivity index (χ4n) is 1.70. The van der Waals surface area contributed by atoms with Gasteiger partial charge < -0.3 is 4.98 Å². The lowest BCUT2D eigenvalue weighted by atomic mass is 10.5. The second-order valence-electron chi connectivity index (χ2n) is 3.45. The van der Waals surface area contributed by atoms with E-state index in [2.05, 4.69) is 15.4 Å². The first-order chi connectivity index (χ1) is 8.25. The summed E-state index contributed by atoms with van der Waals surface area (Å²) in [5, 5.41) is 14.4. The molecule has 0 atom stereocenters. The molecule has 0 aromatic carbocycles. The maximum absolute atomic E-state index is 10.8. The number of aromatic nitrogens is 2. The van der Waals surface area contributed by atoms with Gasteiger partial charge in [-0.15, -0.1) is 0 Å². The lowest BCUT2D eigenvalue weighted by Gasteiger charge is -2.23. The fourth-order valence-corrected chi connectivity index (χ4v) is 1.70. The molecule has 0 radical (unpaired) electrons. The van der Waals surface area contributed by atoms with Gasteiger partial charge in [0.25, 0.3) is 0 Å². The number of nitro groups is 1. The van der Waals surface area contributed by atoms with Crippen LogP contribution in [0.2, 0.25) is 0 Å². The molecule has 0 saturated carbocycles. The Morgan fingerprint density at radius 2 is 2.41 bits per heavy atom. The normalized spacial score (nSPS) is 17.9. The zero-order chi connectivity index (χ0) is 11.8. The topological polar surface area (TPSA) is 93.6 Å². The summed E-state index contributed by atoms with van der Waals surface area (Å²) in [6.45, 7) is 0.296. The minimum atomic E-state index is -0.489. The molecule has 17 heavy (non-hydrogen) atoms. The number of hydrazine groups is 3. The summed E-state index contributed by atoms with van der Waals surface area (Å²) >= 11 is 0. The van der Waals surface area contributed by atoms with Gasteiger partial charge in [0.15, 0.2) is 5.03 Å². The van der Waals surface area contributed by atoms with Crippen LogP contribution in [0, 0.1) is 10.1 Å². The van der Waals surface area contributed by atoms with E-state index in [4.69, 9.17) is 0 Å². The van der Waals surface area contributed by atoms with Crippen molar-refractivity contribution in [3.05, 3.63) is 46.7 Å². The third-order valence-corrected chi connectivity index (χ3v) is 2.43. The molecule has 0 amide bonds. The maximum Gasteiger partial charge on any atom is 0.223 e. The summed E-state index contributed by atoms with van der Waals surface area (Å²) in [4.78, 5) is 17.8. The Morgan fingerprint density at radius 1 is 1.53 bits per heavy atom. The van der Waals surface area contributed by atoms with Crippen molar-refractivity contribution < 1.29 is 5.03 Å². The van der Waals surface area contributed by atoms with Crippen LogP contribution in [-0.4, -0.2) is 31.8 Å². The highest BCUT2D eigenvalue weighted by atomic mass is 16.7. The average molecular weight is 235 g/mol. The Kier molecular flexibility index (Phi) is 1.90. The Hall–Kier alpha value is -2.71. The quantitative estimate of drug-likeness (QED) is 0.540. The van der Waals surface area contributed by atoms with Crippen molar-refractivity contribution in [2.75, 3.05) is 11.7 Å². The van der Waals surface area contributed by atoms with E-state index in [-0.39, 0.29) is 0 Å². The molecular weight excluding hydrogens is 226 g/mol. The van der Waals surface area contributed by atoms with E-state index in [1.54, 1.807) is 29.6 Å². The van der Waals surface area contributed by atoms with E-state index in [0.717, 1.165) is 5.12 Å². The van der Waals surface area contributed by atoms with Crippen molar-refractivity contribution in [1.29, 1.82) is 0 Å². The molecule has 0 unspecified atom stereocenters. The first-order valence-electron chi connectivity index (χ1n) is 4.89. The van der Waals surface area contributed by atoms with Crippen LogP contribution in [0.15, 0.2) is 36.6 Å². The van der Waals surface area contributed by atoms with Gasteiger partial charge in [-0.2, -0.15) is 5.01 Å². The number of fused-ring (bicyclic) bond motifs is 1. The van der Waals surface area contributed by atoms with E-state index in [1.165, 1.54) is 11.2 Å². The van der Waals surface area contributed by atoms with E-state index in [1.807, 2.05) is 0 Å². The Bertz CT molecular complexity index is 494. The molecule has 0 aliphatic carbocycles. The highest BCUT2D eigenvalue weighted by Crippen LogP contribution is 2.21. The molecule has 1 aromatic rings. The molecule has 9 heteroatoms. The zero-order valence-corrected chi connectivity index (χ0v) is 8.65.